The smallest absolute Gasteiger partial charge is 0.369 e. The van der Waals surface area contributed by atoms with Crippen molar-refractivity contribution in [3.63, 3.8) is 0 Å². The van der Waals surface area contributed by atoms with Gasteiger partial charge < -0.3 is 11.1 Å². The van der Waals surface area contributed by atoms with E-state index < -0.39 is 17.6 Å². The number of hydrogen-bond acceptors (Lipinski definition) is 3. The highest BCUT2D eigenvalue weighted by molar-refractivity contribution is 5.85. The largest absolute Gasteiger partial charge is 0.416 e. The van der Waals surface area contributed by atoms with E-state index in [9.17, 15) is 18.0 Å². The van der Waals surface area contributed by atoms with E-state index in [1.165, 1.54) is 12.1 Å². The topological polar surface area (TPSA) is 68.0 Å². The Hall–Kier alpha value is -2.12. The number of nitrogens with zero attached hydrogens (tertiary/aromatic N) is 1. The molecule has 2 aromatic rings. The van der Waals surface area contributed by atoms with Gasteiger partial charge in [0.25, 0.3) is 0 Å². The van der Waals surface area contributed by atoms with Gasteiger partial charge in [0.1, 0.15) is 0 Å². The summed E-state index contributed by atoms with van der Waals surface area (Å²) < 4.78 is 37.6. The second kappa shape index (κ2) is 7.94. The summed E-state index contributed by atoms with van der Waals surface area (Å²) in [7, 11) is 0. The van der Waals surface area contributed by atoms with Crippen LogP contribution in [0.15, 0.2) is 42.6 Å². The van der Waals surface area contributed by atoms with Crippen LogP contribution in [0.25, 0.3) is 11.1 Å². The monoisotopic (exact) mass is 345 g/mol. The highest BCUT2D eigenvalue weighted by Crippen LogP contribution is 2.30. The van der Waals surface area contributed by atoms with Crippen molar-refractivity contribution >= 4 is 18.3 Å². The molecule has 124 valence electrons. The van der Waals surface area contributed by atoms with Crippen LogP contribution in [0.4, 0.5) is 13.2 Å². The van der Waals surface area contributed by atoms with Gasteiger partial charge in [-0.05, 0) is 35.4 Å². The maximum atomic E-state index is 12.5. The Morgan fingerprint density at radius 1 is 1.13 bits per heavy atom. The number of primary amides is 1. The molecule has 0 fully saturated rings. The molecule has 0 spiro atoms. The number of amides is 1. The van der Waals surface area contributed by atoms with E-state index in [0.717, 1.165) is 17.7 Å². The molecule has 0 aliphatic carbocycles. The Labute approximate surface area is 137 Å². The van der Waals surface area contributed by atoms with Gasteiger partial charge in [0.15, 0.2) is 0 Å². The zero-order valence-electron chi connectivity index (χ0n) is 11.9. The predicted molar refractivity (Wildman–Crippen MR) is 82.8 cm³/mol. The Morgan fingerprint density at radius 3 is 2.35 bits per heavy atom. The molecular formula is C15H15ClF3N3O. The predicted octanol–water partition coefficient (Wildman–Crippen LogP) is 2.76. The Morgan fingerprint density at radius 2 is 1.78 bits per heavy atom. The molecule has 1 amide bonds. The Kier molecular flexibility index (Phi) is 6.53. The fraction of sp³-hybridized carbons (Fsp3) is 0.200. The first kappa shape index (κ1) is 18.9. The lowest BCUT2D eigenvalue weighted by atomic mass is 10.0. The van der Waals surface area contributed by atoms with E-state index >= 15 is 0 Å². The lowest BCUT2D eigenvalue weighted by Gasteiger charge is -2.09. The molecule has 0 aliphatic heterocycles. The molecule has 8 heteroatoms. The minimum atomic E-state index is -4.35. The van der Waals surface area contributed by atoms with Crippen LogP contribution in [0.5, 0.6) is 0 Å². The summed E-state index contributed by atoms with van der Waals surface area (Å²) in [6.07, 6.45) is -2.78. The van der Waals surface area contributed by atoms with Crippen LogP contribution in [0, 0.1) is 0 Å². The third-order valence-electron chi connectivity index (χ3n) is 2.97. The van der Waals surface area contributed by atoms with Gasteiger partial charge in [0.2, 0.25) is 5.91 Å². The summed E-state index contributed by atoms with van der Waals surface area (Å²) in [5.74, 6) is -0.473. The van der Waals surface area contributed by atoms with Crippen LogP contribution in [0.3, 0.4) is 0 Å². The van der Waals surface area contributed by atoms with Gasteiger partial charge in [-0.15, -0.1) is 12.4 Å². The lowest BCUT2D eigenvalue weighted by molar-refractivity contribution is -0.137. The fourth-order valence-electron chi connectivity index (χ4n) is 1.92. The molecule has 0 bridgehead atoms. The maximum absolute atomic E-state index is 12.5. The first-order valence-electron chi connectivity index (χ1n) is 6.48. The van der Waals surface area contributed by atoms with E-state index in [1.807, 2.05) is 0 Å². The Balaban J connectivity index is 0.00000264. The molecule has 4 nitrogen and oxygen atoms in total. The summed E-state index contributed by atoms with van der Waals surface area (Å²) in [4.78, 5) is 14.8. The second-order valence-corrected chi connectivity index (χ2v) is 4.68. The summed E-state index contributed by atoms with van der Waals surface area (Å²) in [5.41, 5.74) is 6.40. The minimum absolute atomic E-state index is 0. The third-order valence-corrected chi connectivity index (χ3v) is 2.97. The first-order valence-corrected chi connectivity index (χ1v) is 6.48. The van der Waals surface area contributed by atoms with Crippen molar-refractivity contribution in [3.8, 4) is 11.1 Å². The first-order chi connectivity index (χ1) is 10.4. The highest BCUT2D eigenvalue weighted by Gasteiger charge is 2.29. The van der Waals surface area contributed by atoms with Crippen LogP contribution < -0.4 is 11.1 Å². The van der Waals surface area contributed by atoms with Crippen molar-refractivity contribution in [2.45, 2.75) is 12.7 Å². The lowest BCUT2D eigenvalue weighted by Crippen LogP contribution is -2.28. The van der Waals surface area contributed by atoms with E-state index in [2.05, 4.69) is 10.3 Å². The van der Waals surface area contributed by atoms with Gasteiger partial charge in [0.05, 0.1) is 17.8 Å². The van der Waals surface area contributed by atoms with E-state index in [-0.39, 0.29) is 19.0 Å². The standard InChI is InChI=1S/C15H14F3N3O.ClH/c16-15(17,18)12-3-1-10(2-4-12)11-5-6-21-13(7-11)8-20-9-14(19)22;/h1-7,20H,8-9H2,(H2,19,22);1H. The van der Waals surface area contributed by atoms with E-state index in [1.54, 1.807) is 18.3 Å². The third kappa shape index (κ3) is 5.54. The van der Waals surface area contributed by atoms with Gasteiger partial charge in [-0.1, -0.05) is 12.1 Å². The number of halogens is 4. The van der Waals surface area contributed by atoms with Crippen molar-refractivity contribution in [1.82, 2.24) is 10.3 Å². The van der Waals surface area contributed by atoms with Gasteiger partial charge in [-0.3, -0.25) is 9.78 Å². The van der Waals surface area contributed by atoms with Gasteiger partial charge in [-0.25, -0.2) is 0 Å². The molecule has 0 atom stereocenters. The average molecular weight is 346 g/mol. The number of alkyl halides is 3. The van der Waals surface area contributed by atoms with Gasteiger partial charge in [0, 0.05) is 12.7 Å². The molecule has 1 heterocycles. The van der Waals surface area contributed by atoms with Crippen molar-refractivity contribution in [2.75, 3.05) is 6.54 Å². The van der Waals surface area contributed by atoms with Crippen LogP contribution in [0.2, 0.25) is 0 Å². The molecule has 3 N–H and O–H groups in total. The SMILES string of the molecule is Cl.NC(=O)CNCc1cc(-c2ccc(C(F)(F)F)cc2)ccn1. The van der Waals surface area contributed by atoms with Crippen LogP contribution in [0.1, 0.15) is 11.3 Å². The number of benzene rings is 1. The number of carbonyl (C=O) groups excluding carboxylic acids is 1. The van der Waals surface area contributed by atoms with Crippen LogP contribution in [-0.4, -0.2) is 17.4 Å². The zero-order valence-corrected chi connectivity index (χ0v) is 12.7. The van der Waals surface area contributed by atoms with Crippen molar-refractivity contribution in [3.05, 3.63) is 53.9 Å². The highest BCUT2D eigenvalue weighted by atomic mass is 35.5. The molecule has 1 aromatic heterocycles. The fourth-order valence-corrected chi connectivity index (χ4v) is 1.92. The molecule has 1 aromatic carbocycles. The molecule has 2 rings (SSSR count). The molecule has 0 radical (unpaired) electrons. The summed E-state index contributed by atoms with van der Waals surface area (Å²) >= 11 is 0. The van der Waals surface area contributed by atoms with Crippen molar-refractivity contribution in [1.29, 1.82) is 0 Å². The number of pyridine rings is 1. The molecule has 0 aliphatic rings. The maximum Gasteiger partial charge on any atom is 0.416 e. The Bertz CT molecular complexity index is 660. The number of carbonyl (C=O) groups is 1. The summed E-state index contributed by atoms with van der Waals surface area (Å²) in [6, 6.07) is 8.37. The van der Waals surface area contributed by atoms with E-state index in [0.29, 0.717) is 17.8 Å². The normalized spacial score (nSPS) is 10.9. The molecular weight excluding hydrogens is 331 g/mol. The summed E-state index contributed by atoms with van der Waals surface area (Å²) in [6.45, 7) is 0.379. The van der Waals surface area contributed by atoms with Crippen molar-refractivity contribution in [2.24, 2.45) is 5.73 Å². The number of nitrogens with two attached hydrogens (primary N) is 1. The summed E-state index contributed by atoms with van der Waals surface area (Å²) in [5, 5.41) is 2.82. The van der Waals surface area contributed by atoms with Crippen molar-refractivity contribution < 1.29 is 18.0 Å². The zero-order chi connectivity index (χ0) is 16.2. The molecule has 0 saturated carbocycles. The number of nitrogens with one attached hydrogen (secondary N) is 1. The molecule has 23 heavy (non-hydrogen) atoms. The van der Waals surface area contributed by atoms with Gasteiger partial charge >= 0.3 is 6.18 Å². The number of rotatable bonds is 5. The molecule has 0 saturated heterocycles. The minimum Gasteiger partial charge on any atom is -0.369 e. The van der Waals surface area contributed by atoms with Crippen LogP contribution >= 0.6 is 12.4 Å². The van der Waals surface area contributed by atoms with E-state index in [4.69, 9.17) is 5.73 Å². The second-order valence-electron chi connectivity index (χ2n) is 4.68. The number of aromatic nitrogens is 1. The quantitative estimate of drug-likeness (QED) is 0.875. The van der Waals surface area contributed by atoms with Crippen LogP contribution in [-0.2, 0) is 17.5 Å². The van der Waals surface area contributed by atoms with Gasteiger partial charge in [-0.2, -0.15) is 13.2 Å². The molecule has 0 unspecified atom stereocenters. The number of hydrogen-bond donors (Lipinski definition) is 2. The average Bonchev–Trinajstić information content (AvgIpc) is 2.46.